The van der Waals surface area contributed by atoms with Gasteiger partial charge in [0.15, 0.2) is 0 Å². The molecular formula is C12H19ClN2O. The van der Waals surface area contributed by atoms with Crippen molar-refractivity contribution in [3.8, 4) is 5.88 Å². The van der Waals surface area contributed by atoms with E-state index in [4.69, 9.17) is 16.3 Å². The molecule has 1 aromatic rings. The summed E-state index contributed by atoms with van der Waals surface area (Å²) in [5, 5.41) is 3.35. The van der Waals surface area contributed by atoms with Crippen molar-refractivity contribution in [2.24, 2.45) is 0 Å². The predicted molar refractivity (Wildman–Crippen MR) is 67.1 cm³/mol. The van der Waals surface area contributed by atoms with Crippen molar-refractivity contribution in [2.75, 3.05) is 19.5 Å². The van der Waals surface area contributed by atoms with Crippen LogP contribution in [0, 0.1) is 0 Å². The second-order valence-electron chi connectivity index (χ2n) is 3.60. The van der Waals surface area contributed by atoms with Gasteiger partial charge in [0.25, 0.3) is 0 Å². The van der Waals surface area contributed by atoms with Crippen LogP contribution in [0.4, 0.5) is 0 Å². The molecule has 1 rings (SSSR count). The largest absolute Gasteiger partial charge is 0.481 e. The molecule has 0 aromatic carbocycles. The van der Waals surface area contributed by atoms with Gasteiger partial charge in [-0.25, -0.2) is 4.98 Å². The number of ether oxygens (including phenoxy) is 1. The van der Waals surface area contributed by atoms with Crippen LogP contribution in [0.1, 0.15) is 25.0 Å². The molecule has 0 aliphatic heterocycles. The van der Waals surface area contributed by atoms with Crippen molar-refractivity contribution in [1.29, 1.82) is 0 Å². The van der Waals surface area contributed by atoms with E-state index in [1.165, 1.54) is 6.42 Å². The Labute approximate surface area is 102 Å². The molecule has 0 saturated carbocycles. The van der Waals surface area contributed by atoms with Crippen LogP contribution in [0.3, 0.4) is 0 Å². The Morgan fingerprint density at radius 3 is 2.94 bits per heavy atom. The highest BCUT2D eigenvalue weighted by molar-refractivity contribution is 6.17. The molecule has 0 saturated heterocycles. The van der Waals surface area contributed by atoms with Gasteiger partial charge < -0.3 is 10.1 Å². The first-order valence-electron chi connectivity index (χ1n) is 5.63. The molecule has 0 atom stereocenters. The first-order chi connectivity index (χ1) is 7.86. The van der Waals surface area contributed by atoms with Gasteiger partial charge in [0.05, 0.1) is 12.8 Å². The lowest BCUT2D eigenvalue weighted by molar-refractivity contribution is 0.395. The molecule has 16 heavy (non-hydrogen) atoms. The van der Waals surface area contributed by atoms with Gasteiger partial charge in [-0.3, -0.25) is 0 Å². The number of nitrogens with one attached hydrogen (secondary N) is 1. The molecule has 1 N–H and O–H groups in total. The number of rotatable bonds is 8. The van der Waals surface area contributed by atoms with Gasteiger partial charge in [0, 0.05) is 18.5 Å². The monoisotopic (exact) mass is 242 g/mol. The number of halogens is 1. The van der Waals surface area contributed by atoms with E-state index in [0.717, 1.165) is 37.5 Å². The topological polar surface area (TPSA) is 34.1 Å². The van der Waals surface area contributed by atoms with Gasteiger partial charge in [-0.05, 0) is 25.5 Å². The minimum atomic E-state index is 0.668. The Kier molecular flexibility index (Phi) is 6.93. The van der Waals surface area contributed by atoms with E-state index in [9.17, 15) is 0 Å². The van der Waals surface area contributed by atoms with E-state index in [1.54, 1.807) is 7.11 Å². The number of hydrogen-bond donors (Lipinski definition) is 1. The molecule has 0 bridgehead atoms. The van der Waals surface area contributed by atoms with Crippen molar-refractivity contribution in [3.05, 3.63) is 23.9 Å². The summed E-state index contributed by atoms with van der Waals surface area (Å²) in [6.45, 7) is 1.80. The molecule has 0 aliphatic carbocycles. The van der Waals surface area contributed by atoms with Crippen molar-refractivity contribution in [3.63, 3.8) is 0 Å². The minimum Gasteiger partial charge on any atom is -0.481 e. The normalized spacial score (nSPS) is 10.4. The molecule has 1 heterocycles. The molecule has 0 amide bonds. The van der Waals surface area contributed by atoms with Crippen molar-refractivity contribution < 1.29 is 4.74 Å². The average molecular weight is 243 g/mol. The lowest BCUT2D eigenvalue weighted by Crippen LogP contribution is -2.15. The summed E-state index contributed by atoms with van der Waals surface area (Å²) < 4.78 is 5.06. The summed E-state index contributed by atoms with van der Waals surface area (Å²) in [5.74, 6) is 1.43. The maximum atomic E-state index is 5.60. The van der Waals surface area contributed by atoms with Crippen LogP contribution in [0.5, 0.6) is 5.88 Å². The van der Waals surface area contributed by atoms with Crippen molar-refractivity contribution in [2.45, 2.75) is 25.8 Å². The average Bonchev–Trinajstić information content (AvgIpc) is 2.34. The first kappa shape index (κ1) is 13.3. The highest BCUT2D eigenvalue weighted by Gasteiger charge is 1.96. The number of pyridine rings is 1. The van der Waals surface area contributed by atoms with Crippen molar-refractivity contribution >= 4 is 11.6 Å². The van der Waals surface area contributed by atoms with Crippen LogP contribution in [-0.2, 0) is 6.54 Å². The summed E-state index contributed by atoms with van der Waals surface area (Å²) in [7, 11) is 1.63. The fraction of sp³-hybridized carbons (Fsp3) is 0.583. The van der Waals surface area contributed by atoms with Crippen LogP contribution in [0.25, 0.3) is 0 Å². The van der Waals surface area contributed by atoms with Crippen molar-refractivity contribution in [1.82, 2.24) is 10.3 Å². The van der Waals surface area contributed by atoms with Crippen LogP contribution in [0.15, 0.2) is 18.2 Å². The lowest BCUT2D eigenvalue weighted by atomic mass is 10.2. The van der Waals surface area contributed by atoms with Crippen LogP contribution in [0.2, 0.25) is 0 Å². The smallest absolute Gasteiger partial charge is 0.213 e. The number of methoxy groups -OCH3 is 1. The Morgan fingerprint density at radius 1 is 1.31 bits per heavy atom. The Morgan fingerprint density at radius 2 is 2.19 bits per heavy atom. The molecule has 1 aromatic heterocycles. The number of alkyl halides is 1. The predicted octanol–water partition coefficient (Wildman–Crippen LogP) is 2.59. The van der Waals surface area contributed by atoms with E-state index < -0.39 is 0 Å². The summed E-state index contributed by atoms with van der Waals surface area (Å²) in [5.41, 5.74) is 1.01. The molecule has 90 valence electrons. The maximum absolute atomic E-state index is 5.60. The number of unbranched alkanes of at least 4 members (excludes halogenated alkanes) is 2. The van der Waals surface area contributed by atoms with Gasteiger partial charge in [-0.1, -0.05) is 12.5 Å². The van der Waals surface area contributed by atoms with Gasteiger partial charge in [-0.2, -0.15) is 0 Å². The molecule has 0 aliphatic rings. The molecule has 0 unspecified atom stereocenters. The molecule has 0 spiro atoms. The van der Waals surface area contributed by atoms with Gasteiger partial charge in [0.1, 0.15) is 0 Å². The molecule has 0 fully saturated rings. The zero-order valence-corrected chi connectivity index (χ0v) is 10.5. The van der Waals surface area contributed by atoms with E-state index in [0.29, 0.717) is 5.88 Å². The van der Waals surface area contributed by atoms with Gasteiger partial charge in [-0.15, -0.1) is 11.6 Å². The fourth-order valence-corrected chi connectivity index (χ4v) is 1.60. The van der Waals surface area contributed by atoms with Gasteiger partial charge in [0.2, 0.25) is 5.88 Å². The SMILES string of the molecule is COc1cccc(CNCCCCCCl)n1. The zero-order valence-electron chi connectivity index (χ0n) is 9.71. The number of nitrogens with zero attached hydrogens (tertiary/aromatic N) is 1. The zero-order chi connectivity index (χ0) is 11.6. The fourth-order valence-electron chi connectivity index (χ4n) is 1.41. The Balaban J connectivity index is 2.16. The Hall–Kier alpha value is -0.800. The number of hydrogen-bond acceptors (Lipinski definition) is 3. The second-order valence-corrected chi connectivity index (χ2v) is 3.98. The summed E-state index contributed by atoms with van der Waals surface area (Å²) in [6.07, 6.45) is 3.44. The van der Waals surface area contributed by atoms with Gasteiger partial charge >= 0.3 is 0 Å². The number of aromatic nitrogens is 1. The maximum Gasteiger partial charge on any atom is 0.213 e. The summed E-state index contributed by atoms with van der Waals surface area (Å²) >= 11 is 5.60. The standard InChI is InChI=1S/C12H19ClN2O/c1-16-12-7-5-6-11(15-12)10-14-9-4-2-3-8-13/h5-7,14H,2-4,8-10H2,1H3. The van der Waals surface area contributed by atoms with Crippen LogP contribution < -0.4 is 10.1 Å². The minimum absolute atomic E-state index is 0.668. The third kappa shape index (κ3) is 5.33. The van der Waals surface area contributed by atoms with E-state index in [-0.39, 0.29) is 0 Å². The highest BCUT2D eigenvalue weighted by Crippen LogP contribution is 2.06. The van der Waals surface area contributed by atoms with Crippen LogP contribution in [-0.4, -0.2) is 24.5 Å². The molecule has 3 nitrogen and oxygen atoms in total. The van der Waals surface area contributed by atoms with Crippen LogP contribution >= 0.6 is 11.6 Å². The first-order valence-corrected chi connectivity index (χ1v) is 6.17. The Bertz CT molecular complexity index is 294. The summed E-state index contributed by atoms with van der Waals surface area (Å²) in [6, 6.07) is 5.80. The third-order valence-corrected chi connectivity index (χ3v) is 2.55. The third-order valence-electron chi connectivity index (χ3n) is 2.28. The summed E-state index contributed by atoms with van der Waals surface area (Å²) in [4.78, 5) is 4.32. The molecule has 4 heteroatoms. The second kappa shape index (κ2) is 8.36. The molecule has 0 radical (unpaired) electrons. The van der Waals surface area contributed by atoms with E-state index in [2.05, 4.69) is 10.3 Å². The lowest BCUT2D eigenvalue weighted by Gasteiger charge is -2.05. The van der Waals surface area contributed by atoms with E-state index in [1.807, 2.05) is 18.2 Å². The quantitative estimate of drug-likeness (QED) is 0.562. The molecular weight excluding hydrogens is 224 g/mol. The highest BCUT2D eigenvalue weighted by atomic mass is 35.5. The van der Waals surface area contributed by atoms with E-state index >= 15 is 0 Å².